The summed E-state index contributed by atoms with van der Waals surface area (Å²) in [4.78, 5) is 25.0. The predicted octanol–water partition coefficient (Wildman–Crippen LogP) is 4.31. The third-order valence-corrected chi connectivity index (χ3v) is 5.32. The SMILES string of the molecule is Cc1ccc(-c2nnc(NC(=O)C(NC(=O)C=Cc3ccccc3)C(C)C)s2)cc1. The van der Waals surface area contributed by atoms with E-state index in [2.05, 4.69) is 20.8 Å². The average molecular weight is 421 g/mol. The van der Waals surface area contributed by atoms with Gasteiger partial charge >= 0.3 is 0 Å². The average Bonchev–Trinajstić information content (AvgIpc) is 3.20. The minimum atomic E-state index is -0.690. The molecule has 30 heavy (non-hydrogen) atoms. The van der Waals surface area contributed by atoms with Crippen molar-refractivity contribution in [3.8, 4) is 10.6 Å². The second-order valence-corrected chi connectivity index (χ2v) is 8.22. The van der Waals surface area contributed by atoms with E-state index < -0.39 is 6.04 Å². The number of hydrogen-bond donors (Lipinski definition) is 2. The van der Waals surface area contributed by atoms with E-state index in [9.17, 15) is 9.59 Å². The van der Waals surface area contributed by atoms with Gasteiger partial charge in [0, 0.05) is 11.6 Å². The smallest absolute Gasteiger partial charge is 0.249 e. The lowest BCUT2D eigenvalue weighted by molar-refractivity contribution is -0.124. The van der Waals surface area contributed by atoms with Gasteiger partial charge in [-0.15, -0.1) is 10.2 Å². The number of amides is 2. The number of carbonyl (C=O) groups is 2. The molecule has 1 aromatic heterocycles. The molecule has 7 heteroatoms. The van der Waals surface area contributed by atoms with E-state index in [-0.39, 0.29) is 17.7 Å². The van der Waals surface area contributed by atoms with Gasteiger partial charge in [0.05, 0.1) is 0 Å². The quantitative estimate of drug-likeness (QED) is 0.558. The summed E-state index contributed by atoms with van der Waals surface area (Å²) in [6.07, 6.45) is 3.14. The molecule has 2 N–H and O–H groups in total. The standard InChI is InChI=1S/C23H24N4O2S/c1-15(2)20(24-19(28)14-11-17-7-5-4-6-8-17)21(29)25-23-27-26-22(30-23)18-12-9-16(3)10-13-18/h4-15,20H,1-3H3,(H,24,28)(H,25,27,29). The summed E-state index contributed by atoms with van der Waals surface area (Å²) >= 11 is 1.29. The van der Waals surface area contributed by atoms with E-state index in [1.54, 1.807) is 6.08 Å². The van der Waals surface area contributed by atoms with Crippen molar-refractivity contribution in [3.63, 3.8) is 0 Å². The molecule has 1 unspecified atom stereocenters. The molecule has 0 fully saturated rings. The van der Waals surface area contributed by atoms with Gasteiger partial charge in [-0.3, -0.25) is 14.9 Å². The molecule has 2 amide bonds. The topological polar surface area (TPSA) is 84.0 Å². The third kappa shape index (κ3) is 5.84. The molecular weight excluding hydrogens is 396 g/mol. The van der Waals surface area contributed by atoms with E-state index in [1.807, 2.05) is 75.4 Å². The van der Waals surface area contributed by atoms with Crippen LogP contribution in [0, 0.1) is 12.8 Å². The maximum atomic E-state index is 12.7. The Labute approximate surface area is 180 Å². The first kappa shape index (κ1) is 21.4. The minimum absolute atomic E-state index is 0.0939. The highest BCUT2D eigenvalue weighted by atomic mass is 32.1. The first-order chi connectivity index (χ1) is 14.4. The lowest BCUT2D eigenvalue weighted by Crippen LogP contribution is -2.46. The zero-order valence-corrected chi connectivity index (χ0v) is 17.9. The van der Waals surface area contributed by atoms with Crippen LogP contribution in [0.1, 0.15) is 25.0 Å². The van der Waals surface area contributed by atoms with Gasteiger partial charge in [0.1, 0.15) is 11.0 Å². The number of nitrogens with one attached hydrogen (secondary N) is 2. The molecule has 1 atom stereocenters. The van der Waals surface area contributed by atoms with Crippen LogP contribution in [0.5, 0.6) is 0 Å². The summed E-state index contributed by atoms with van der Waals surface area (Å²) in [6, 6.07) is 16.8. The molecule has 6 nitrogen and oxygen atoms in total. The highest BCUT2D eigenvalue weighted by Crippen LogP contribution is 2.26. The fourth-order valence-corrected chi connectivity index (χ4v) is 3.49. The maximum absolute atomic E-state index is 12.7. The molecule has 3 aromatic rings. The molecule has 2 aromatic carbocycles. The Hall–Kier alpha value is -3.32. The van der Waals surface area contributed by atoms with Crippen molar-refractivity contribution < 1.29 is 9.59 Å². The van der Waals surface area contributed by atoms with Crippen LogP contribution in [-0.2, 0) is 9.59 Å². The van der Waals surface area contributed by atoms with Crippen molar-refractivity contribution in [1.29, 1.82) is 0 Å². The Morgan fingerprint density at radius 2 is 1.70 bits per heavy atom. The predicted molar refractivity (Wildman–Crippen MR) is 121 cm³/mol. The van der Waals surface area contributed by atoms with Crippen LogP contribution >= 0.6 is 11.3 Å². The second-order valence-electron chi connectivity index (χ2n) is 7.24. The molecule has 0 aliphatic heterocycles. The van der Waals surface area contributed by atoms with E-state index >= 15 is 0 Å². The van der Waals surface area contributed by atoms with E-state index in [4.69, 9.17) is 0 Å². The van der Waals surface area contributed by atoms with E-state index in [0.29, 0.717) is 5.13 Å². The summed E-state index contributed by atoms with van der Waals surface area (Å²) in [5.74, 6) is -0.744. The normalized spacial score (nSPS) is 12.1. The fourth-order valence-electron chi connectivity index (χ4n) is 2.74. The zero-order chi connectivity index (χ0) is 21.5. The molecule has 1 heterocycles. The third-order valence-electron chi connectivity index (χ3n) is 4.43. The van der Waals surface area contributed by atoms with Crippen molar-refractivity contribution in [1.82, 2.24) is 15.5 Å². The van der Waals surface area contributed by atoms with Gasteiger partial charge in [-0.05, 0) is 24.5 Å². The lowest BCUT2D eigenvalue weighted by atomic mass is 10.0. The molecular formula is C23H24N4O2S. The maximum Gasteiger partial charge on any atom is 0.249 e. The Balaban J connectivity index is 1.63. The molecule has 0 bridgehead atoms. The van der Waals surface area contributed by atoms with Crippen LogP contribution in [0.25, 0.3) is 16.6 Å². The number of rotatable bonds is 7. The summed E-state index contributed by atoms with van der Waals surface area (Å²) in [5, 5.41) is 14.9. The van der Waals surface area contributed by atoms with Crippen molar-refractivity contribution >= 4 is 34.4 Å². The van der Waals surface area contributed by atoms with Crippen molar-refractivity contribution in [2.45, 2.75) is 26.8 Å². The summed E-state index contributed by atoms with van der Waals surface area (Å²) in [6.45, 7) is 5.78. The number of nitrogens with zero attached hydrogens (tertiary/aromatic N) is 2. The van der Waals surface area contributed by atoms with Crippen LogP contribution in [0.15, 0.2) is 60.7 Å². The molecule has 0 radical (unpaired) electrons. The zero-order valence-electron chi connectivity index (χ0n) is 17.1. The molecule has 0 spiro atoms. The van der Waals surface area contributed by atoms with Gasteiger partial charge < -0.3 is 5.32 Å². The number of benzene rings is 2. The summed E-state index contributed by atoms with van der Waals surface area (Å²) in [5.41, 5.74) is 3.02. The van der Waals surface area contributed by atoms with Gasteiger partial charge in [-0.1, -0.05) is 85.3 Å². The highest BCUT2D eigenvalue weighted by Gasteiger charge is 2.24. The number of anilines is 1. The number of aromatic nitrogens is 2. The van der Waals surface area contributed by atoms with Crippen LogP contribution in [0.2, 0.25) is 0 Å². The Morgan fingerprint density at radius 3 is 2.37 bits per heavy atom. The van der Waals surface area contributed by atoms with Crippen molar-refractivity contribution in [2.24, 2.45) is 5.92 Å². The van der Waals surface area contributed by atoms with Crippen LogP contribution in [0.3, 0.4) is 0 Å². The van der Waals surface area contributed by atoms with Crippen molar-refractivity contribution in [2.75, 3.05) is 5.32 Å². The lowest BCUT2D eigenvalue weighted by Gasteiger charge is -2.20. The second kappa shape index (κ2) is 9.93. The van der Waals surface area contributed by atoms with E-state index in [1.165, 1.54) is 17.4 Å². The molecule has 0 aliphatic rings. The highest BCUT2D eigenvalue weighted by molar-refractivity contribution is 7.18. The van der Waals surface area contributed by atoms with Crippen LogP contribution in [-0.4, -0.2) is 28.1 Å². The number of carbonyl (C=O) groups excluding carboxylic acids is 2. The monoisotopic (exact) mass is 420 g/mol. The molecule has 3 rings (SSSR count). The van der Waals surface area contributed by atoms with Gasteiger partial charge in [0.15, 0.2) is 0 Å². The Bertz CT molecular complexity index is 1030. The minimum Gasteiger partial charge on any atom is -0.340 e. The first-order valence-electron chi connectivity index (χ1n) is 9.67. The van der Waals surface area contributed by atoms with Crippen LogP contribution < -0.4 is 10.6 Å². The van der Waals surface area contributed by atoms with Gasteiger partial charge in [-0.2, -0.15) is 0 Å². The largest absolute Gasteiger partial charge is 0.340 e. The van der Waals surface area contributed by atoms with Crippen molar-refractivity contribution in [3.05, 3.63) is 71.8 Å². The Kier molecular flexibility index (Phi) is 7.08. The molecule has 0 saturated carbocycles. The molecule has 154 valence electrons. The van der Waals surface area contributed by atoms with Gasteiger partial charge in [0.2, 0.25) is 16.9 Å². The van der Waals surface area contributed by atoms with Gasteiger partial charge in [-0.25, -0.2) is 0 Å². The Morgan fingerprint density at radius 1 is 1.00 bits per heavy atom. The number of hydrogen-bond acceptors (Lipinski definition) is 5. The first-order valence-corrected chi connectivity index (χ1v) is 10.5. The number of aryl methyl sites for hydroxylation is 1. The fraction of sp³-hybridized carbons (Fsp3) is 0.217. The summed E-state index contributed by atoms with van der Waals surface area (Å²) in [7, 11) is 0. The molecule has 0 saturated heterocycles. The summed E-state index contributed by atoms with van der Waals surface area (Å²) < 4.78 is 0. The molecule has 0 aliphatic carbocycles. The van der Waals surface area contributed by atoms with Gasteiger partial charge in [0.25, 0.3) is 0 Å². The van der Waals surface area contributed by atoms with E-state index in [0.717, 1.165) is 21.7 Å². The van der Waals surface area contributed by atoms with Crippen LogP contribution in [0.4, 0.5) is 5.13 Å².